The molecule has 260 valence electrons. The highest BCUT2D eigenvalue weighted by Crippen LogP contribution is 2.31. The summed E-state index contributed by atoms with van der Waals surface area (Å²) in [5, 5.41) is 31.3. The highest BCUT2D eigenvalue weighted by molar-refractivity contribution is 6.29. The predicted molar refractivity (Wildman–Crippen MR) is 179 cm³/mol. The fourth-order valence-electron chi connectivity index (χ4n) is 6.03. The lowest BCUT2D eigenvalue weighted by Gasteiger charge is -2.34. The van der Waals surface area contributed by atoms with Gasteiger partial charge < -0.3 is 35.8 Å². The van der Waals surface area contributed by atoms with Gasteiger partial charge in [0.25, 0.3) is 5.97 Å². The zero-order valence-electron chi connectivity index (χ0n) is 27.4. The van der Waals surface area contributed by atoms with E-state index in [0.717, 1.165) is 59.3 Å². The Hall–Kier alpha value is -4.05. The number of carbonyl (C=O) groups is 5. The van der Waals surface area contributed by atoms with Gasteiger partial charge in [-0.05, 0) is 36.4 Å². The molecule has 2 amide bonds. The number of benzene rings is 2. The lowest BCUT2D eigenvalue weighted by molar-refractivity contribution is -0.134. The Morgan fingerprint density at radius 2 is 0.896 bits per heavy atom. The SMILES string of the molecule is CC(=O)O.O=C(CCN1CCN(CCO)CC1)Nc1ccc2c(c1)C(=O)c1ccc(NC(=O)CCN3CCN(CCO)CC3)cc1C2=O. The minimum atomic E-state index is -0.833. The van der Waals surface area contributed by atoms with E-state index in [0.29, 0.717) is 50.4 Å². The normalized spacial score (nSPS) is 17.1. The van der Waals surface area contributed by atoms with Crippen molar-refractivity contribution in [3.63, 3.8) is 0 Å². The Balaban J connectivity index is 0.00000123. The van der Waals surface area contributed by atoms with Gasteiger partial charge in [-0.1, -0.05) is 0 Å². The molecule has 3 aliphatic rings. The Kier molecular flexibility index (Phi) is 13.7. The van der Waals surface area contributed by atoms with Gasteiger partial charge >= 0.3 is 0 Å². The summed E-state index contributed by atoms with van der Waals surface area (Å²) in [5.41, 5.74) is 1.96. The van der Waals surface area contributed by atoms with Crippen LogP contribution in [0.3, 0.4) is 0 Å². The van der Waals surface area contributed by atoms with E-state index in [1.807, 2.05) is 0 Å². The molecule has 0 aromatic heterocycles. The number of rotatable bonds is 12. The third-order valence-electron chi connectivity index (χ3n) is 8.66. The molecule has 0 radical (unpaired) electrons. The van der Waals surface area contributed by atoms with Crippen molar-refractivity contribution in [1.29, 1.82) is 0 Å². The van der Waals surface area contributed by atoms with Gasteiger partial charge in [0.15, 0.2) is 11.6 Å². The number of piperazine rings is 2. The van der Waals surface area contributed by atoms with Crippen LogP contribution >= 0.6 is 0 Å². The second-order valence-corrected chi connectivity index (χ2v) is 12.1. The number of hydrogen-bond donors (Lipinski definition) is 5. The first-order chi connectivity index (χ1) is 23.1. The number of amides is 2. The second kappa shape index (κ2) is 17.9. The number of carboxylic acid groups (broad SMARTS) is 1. The zero-order valence-corrected chi connectivity index (χ0v) is 27.4. The third-order valence-corrected chi connectivity index (χ3v) is 8.66. The molecule has 2 fully saturated rings. The van der Waals surface area contributed by atoms with Gasteiger partial charge in [-0.25, -0.2) is 0 Å². The molecule has 2 aromatic carbocycles. The number of β-amino-alcohol motifs (C(OH)–C–C–N with tert-alkyl or cyclic N) is 2. The van der Waals surface area contributed by atoms with Crippen LogP contribution in [0.5, 0.6) is 0 Å². The van der Waals surface area contributed by atoms with E-state index < -0.39 is 5.97 Å². The monoisotopic (exact) mass is 666 g/mol. The van der Waals surface area contributed by atoms with Crippen LogP contribution in [0, 0.1) is 0 Å². The van der Waals surface area contributed by atoms with Gasteiger partial charge in [-0.2, -0.15) is 0 Å². The van der Waals surface area contributed by atoms with Crippen molar-refractivity contribution in [2.75, 3.05) is 102 Å². The quantitative estimate of drug-likeness (QED) is 0.180. The average Bonchev–Trinajstić information content (AvgIpc) is 3.06. The van der Waals surface area contributed by atoms with E-state index in [9.17, 15) is 19.2 Å². The number of carbonyl (C=O) groups excluding carboxylic acids is 4. The van der Waals surface area contributed by atoms with E-state index in [2.05, 4.69) is 30.2 Å². The Morgan fingerprint density at radius 1 is 0.583 bits per heavy atom. The van der Waals surface area contributed by atoms with Gasteiger partial charge in [0.05, 0.1) is 13.2 Å². The van der Waals surface area contributed by atoms with Crippen molar-refractivity contribution in [2.24, 2.45) is 0 Å². The second-order valence-electron chi connectivity index (χ2n) is 12.1. The standard InChI is InChI=1S/C32H42N6O6.C2H4O2/c39-19-17-37-13-9-35(10-14-37)7-5-29(41)33-23-1-3-25-27(21-23)32(44)26-4-2-24(22-28(26)31(25)43)34-30(42)6-8-36-11-15-38(16-12-36)18-20-40;1-2(3)4/h1-4,21-22,39-40H,5-20H2,(H,33,41)(H,34,42);1H3,(H,3,4). The molecule has 5 N–H and O–H groups in total. The Morgan fingerprint density at radius 3 is 1.21 bits per heavy atom. The molecule has 2 heterocycles. The highest BCUT2D eigenvalue weighted by Gasteiger charge is 2.30. The van der Waals surface area contributed by atoms with Crippen molar-refractivity contribution in [3.05, 3.63) is 58.7 Å². The number of aliphatic hydroxyl groups excluding tert-OH is 2. The zero-order chi connectivity index (χ0) is 34.6. The molecule has 48 heavy (non-hydrogen) atoms. The molecule has 14 heteroatoms. The van der Waals surface area contributed by atoms with Crippen molar-refractivity contribution in [1.82, 2.24) is 19.6 Å². The van der Waals surface area contributed by atoms with Crippen LogP contribution in [0.15, 0.2) is 36.4 Å². The van der Waals surface area contributed by atoms with Crippen LogP contribution in [0.25, 0.3) is 0 Å². The summed E-state index contributed by atoms with van der Waals surface area (Å²) >= 11 is 0. The van der Waals surface area contributed by atoms with Crippen LogP contribution in [-0.2, 0) is 14.4 Å². The van der Waals surface area contributed by atoms with E-state index in [-0.39, 0.29) is 58.8 Å². The molecule has 0 bridgehead atoms. The van der Waals surface area contributed by atoms with Gasteiger partial charge in [0.2, 0.25) is 11.8 Å². The molecule has 0 saturated carbocycles. The molecule has 0 unspecified atom stereocenters. The topological polar surface area (TPSA) is 183 Å². The average molecular weight is 667 g/mol. The molecular weight excluding hydrogens is 620 g/mol. The predicted octanol–water partition coefficient (Wildman–Crippen LogP) is 0.430. The molecule has 2 aromatic rings. The number of hydrogen-bond acceptors (Lipinski definition) is 11. The number of ketones is 2. The van der Waals surface area contributed by atoms with Crippen LogP contribution in [0.1, 0.15) is 51.6 Å². The minimum Gasteiger partial charge on any atom is -0.481 e. The molecular formula is C34H46N6O8. The summed E-state index contributed by atoms with van der Waals surface area (Å²) in [6.07, 6.45) is 0.616. The first kappa shape index (κ1) is 36.8. The fraction of sp³-hybridized carbons (Fsp3) is 0.500. The van der Waals surface area contributed by atoms with E-state index in [4.69, 9.17) is 20.1 Å². The molecule has 14 nitrogen and oxygen atoms in total. The number of nitrogens with one attached hydrogen (secondary N) is 2. The number of nitrogens with zero attached hydrogens (tertiary/aromatic N) is 4. The summed E-state index contributed by atoms with van der Waals surface area (Å²) in [5.74, 6) is -1.77. The van der Waals surface area contributed by atoms with Crippen LogP contribution < -0.4 is 10.6 Å². The van der Waals surface area contributed by atoms with Crippen LogP contribution in [-0.4, -0.2) is 156 Å². The molecule has 5 rings (SSSR count). The maximum absolute atomic E-state index is 13.4. The first-order valence-electron chi connectivity index (χ1n) is 16.4. The summed E-state index contributed by atoms with van der Waals surface area (Å²) in [6, 6.07) is 9.53. The first-order valence-corrected chi connectivity index (χ1v) is 16.4. The summed E-state index contributed by atoms with van der Waals surface area (Å²) in [4.78, 5) is 69.9. The lowest BCUT2D eigenvalue weighted by Crippen LogP contribution is -2.47. The summed E-state index contributed by atoms with van der Waals surface area (Å²) < 4.78 is 0. The molecule has 1 aliphatic carbocycles. The Labute approximate surface area is 280 Å². The largest absolute Gasteiger partial charge is 0.481 e. The molecule has 0 spiro atoms. The number of anilines is 2. The summed E-state index contributed by atoms with van der Waals surface area (Å²) in [6.45, 7) is 10.8. The van der Waals surface area contributed by atoms with Gasteiger partial charge in [0.1, 0.15) is 0 Å². The van der Waals surface area contributed by atoms with Crippen molar-refractivity contribution in [3.8, 4) is 0 Å². The number of carboxylic acids is 1. The van der Waals surface area contributed by atoms with E-state index in [1.165, 1.54) is 0 Å². The number of aliphatic carboxylic acids is 1. The van der Waals surface area contributed by atoms with Gasteiger partial charge in [-0.3, -0.25) is 33.8 Å². The van der Waals surface area contributed by atoms with Gasteiger partial charge in [0, 0.05) is 132 Å². The van der Waals surface area contributed by atoms with Crippen LogP contribution in [0.2, 0.25) is 0 Å². The highest BCUT2D eigenvalue weighted by atomic mass is 16.4. The lowest BCUT2D eigenvalue weighted by atomic mass is 9.83. The number of aliphatic hydroxyl groups is 2. The minimum absolute atomic E-state index is 0.148. The third kappa shape index (κ3) is 10.5. The molecule has 0 atom stereocenters. The van der Waals surface area contributed by atoms with Gasteiger partial charge in [-0.15, -0.1) is 0 Å². The smallest absolute Gasteiger partial charge is 0.300 e. The maximum Gasteiger partial charge on any atom is 0.300 e. The van der Waals surface area contributed by atoms with Crippen LogP contribution in [0.4, 0.5) is 11.4 Å². The van der Waals surface area contributed by atoms with Crippen molar-refractivity contribution < 1.29 is 39.3 Å². The summed E-state index contributed by atoms with van der Waals surface area (Å²) in [7, 11) is 0. The van der Waals surface area contributed by atoms with Crippen molar-refractivity contribution in [2.45, 2.75) is 19.8 Å². The maximum atomic E-state index is 13.4. The van der Waals surface area contributed by atoms with Crippen molar-refractivity contribution >= 4 is 40.7 Å². The Bertz CT molecular complexity index is 1360. The van der Waals surface area contributed by atoms with E-state index in [1.54, 1.807) is 36.4 Å². The number of fused-ring (bicyclic) bond motifs is 2. The molecule has 2 aliphatic heterocycles. The van der Waals surface area contributed by atoms with E-state index >= 15 is 0 Å². The molecule has 2 saturated heterocycles. The fourth-order valence-corrected chi connectivity index (χ4v) is 6.03.